The van der Waals surface area contributed by atoms with E-state index in [0.717, 1.165) is 21.8 Å². The molecule has 3 aromatic heterocycles. The van der Waals surface area contributed by atoms with Crippen LogP contribution in [0.2, 0.25) is 0 Å². The molecular weight excluding hydrogens is 374 g/mol. The number of aromatic nitrogens is 3. The molecule has 0 aliphatic rings. The standard InChI is InChI=1S/C20H25N5O2S/c1-11(2)18(16-6-5-9-28-16)24-17(26)8-7-14-12(3)23-20-15(19(21)27)10-22-25(20)13(14)4/h5-6,9-11,18H,7-8H2,1-4H3,(H2,21,27)(H,24,26)/t18-/m1/s1. The highest BCUT2D eigenvalue weighted by Crippen LogP contribution is 2.26. The van der Waals surface area contributed by atoms with Crippen molar-refractivity contribution in [2.45, 2.75) is 46.6 Å². The molecule has 8 heteroatoms. The summed E-state index contributed by atoms with van der Waals surface area (Å²) in [6.45, 7) is 7.99. The molecule has 0 aliphatic heterocycles. The molecule has 3 heterocycles. The molecule has 0 radical (unpaired) electrons. The van der Waals surface area contributed by atoms with Crippen LogP contribution in [0.4, 0.5) is 0 Å². The molecule has 2 amide bonds. The fourth-order valence-electron chi connectivity index (χ4n) is 3.37. The number of rotatable bonds is 7. The molecule has 7 nitrogen and oxygen atoms in total. The van der Waals surface area contributed by atoms with Crippen LogP contribution in [0, 0.1) is 19.8 Å². The van der Waals surface area contributed by atoms with Crippen molar-refractivity contribution >= 4 is 28.8 Å². The Kier molecular flexibility index (Phi) is 5.79. The Morgan fingerprint density at radius 3 is 2.68 bits per heavy atom. The molecule has 0 spiro atoms. The third-order valence-corrected chi connectivity index (χ3v) is 5.86. The first kappa shape index (κ1) is 20.0. The predicted molar refractivity (Wildman–Crippen MR) is 109 cm³/mol. The number of primary amides is 1. The zero-order valence-electron chi connectivity index (χ0n) is 16.5. The third kappa shape index (κ3) is 3.91. The maximum Gasteiger partial charge on any atom is 0.254 e. The zero-order valence-corrected chi connectivity index (χ0v) is 17.3. The van der Waals surface area contributed by atoms with Gasteiger partial charge >= 0.3 is 0 Å². The van der Waals surface area contributed by atoms with Crippen molar-refractivity contribution in [3.63, 3.8) is 0 Å². The summed E-state index contributed by atoms with van der Waals surface area (Å²) < 4.78 is 1.61. The molecule has 0 aliphatic carbocycles. The number of hydrogen-bond acceptors (Lipinski definition) is 5. The van der Waals surface area contributed by atoms with E-state index in [1.54, 1.807) is 15.9 Å². The first-order valence-electron chi connectivity index (χ1n) is 9.26. The monoisotopic (exact) mass is 399 g/mol. The van der Waals surface area contributed by atoms with Gasteiger partial charge in [-0.25, -0.2) is 9.50 Å². The lowest BCUT2D eigenvalue weighted by molar-refractivity contribution is -0.122. The van der Waals surface area contributed by atoms with Crippen molar-refractivity contribution in [2.75, 3.05) is 0 Å². The summed E-state index contributed by atoms with van der Waals surface area (Å²) in [5, 5.41) is 9.40. The van der Waals surface area contributed by atoms with Gasteiger partial charge in [-0.2, -0.15) is 5.10 Å². The van der Waals surface area contributed by atoms with E-state index in [1.807, 2.05) is 25.3 Å². The first-order chi connectivity index (χ1) is 13.3. The molecule has 0 saturated heterocycles. The van der Waals surface area contributed by atoms with E-state index in [0.29, 0.717) is 30.0 Å². The van der Waals surface area contributed by atoms with E-state index in [-0.39, 0.29) is 11.9 Å². The van der Waals surface area contributed by atoms with Gasteiger partial charge in [0.15, 0.2) is 5.65 Å². The van der Waals surface area contributed by atoms with Gasteiger partial charge in [0.2, 0.25) is 5.91 Å². The second kappa shape index (κ2) is 8.10. The summed E-state index contributed by atoms with van der Waals surface area (Å²) in [7, 11) is 0. The van der Waals surface area contributed by atoms with Crippen molar-refractivity contribution in [3.8, 4) is 0 Å². The minimum Gasteiger partial charge on any atom is -0.365 e. The number of nitrogens with two attached hydrogens (primary N) is 1. The molecule has 3 rings (SSSR count). The first-order valence-corrected chi connectivity index (χ1v) is 10.1. The molecule has 3 aromatic rings. The number of nitrogens with zero attached hydrogens (tertiary/aromatic N) is 3. The summed E-state index contributed by atoms with van der Waals surface area (Å²) in [6, 6.07) is 4.06. The van der Waals surface area contributed by atoms with Crippen molar-refractivity contribution in [1.82, 2.24) is 19.9 Å². The van der Waals surface area contributed by atoms with Gasteiger partial charge in [-0.3, -0.25) is 9.59 Å². The van der Waals surface area contributed by atoms with Gasteiger partial charge in [0.25, 0.3) is 5.91 Å². The Hall–Kier alpha value is -2.74. The summed E-state index contributed by atoms with van der Waals surface area (Å²) in [4.78, 5) is 29.8. The average Bonchev–Trinajstić information content (AvgIpc) is 3.28. The van der Waals surface area contributed by atoms with Crippen LogP contribution >= 0.6 is 11.3 Å². The van der Waals surface area contributed by atoms with Crippen molar-refractivity contribution < 1.29 is 9.59 Å². The van der Waals surface area contributed by atoms with Crippen LogP contribution in [0.15, 0.2) is 23.7 Å². The molecule has 1 atom stereocenters. The molecule has 28 heavy (non-hydrogen) atoms. The fourth-order valence-corrected chi connectivity index (χ4v) is 4.31. The number of amides is 2. The van der Waals surface area contributed by atoms with Crippen LogP contribution in [-0.2, 0) is 11.2 Å². The quantitative estimate of drug-likeness (QED) is 0.637. The Morgan fingerprint density at radius 1 is 1.32 bits per heavy atom. The second-order valence-corrected chi connectivity index (χ2v) is 8.20. The zero-order chi connectivity index (χ0) is 20.4. The predicted octanol–water partition coefficient (Wildman–Crippen LogP) is 2.95. The lowest BCUT2D eigenvalue weighted by Gasteiger charge is -2.21. The number of carbonyl (C=O) groups excluding carboxylic acids is 2. The number of aryl methyl sites for hydroxylation is 2. The van der Waals surface area contributed by atoms with Crippen LogP contribution in [0.1, 0.15) is 58.5 Å². The summed E-state index contributed by atoms with van der Waals surface area (Å²) in [6.07, 6.45) is 2.34. The summed E-state index contributed by atoms with van der Waals surface area (Å²) >= 11 is 1.65. The third-order valence-electron chi connectivity index (χ3n) is 4.91. The van der Waals surface area contributed by atoms with Gasteiger partial charge in [-0.05, 0) is 43.2 Å². The van der Waals surface area contributed by atoms with Gasteiger partial charge in [-0.1, -0.05) is 19.9 Å². The average molecular weight is 400 g/mol. The number of hydrogen-bond donors (Lipinski definition) is 2. The van der Waals surface area contributed by atoms with E-state index < -0.39 is 5.91 Å². The van der Waals surface area contributed by atoms with Crippen LogP contribution in [0.3, 0.4) is 0 Å². The number of carbonyl (C=O) groups is 2. The largest absolute Gasteiger partial charge is 0.365 e. The van der Waals surface area contributed by atoms with E-state index in [9.17, 15) is 9.59 Å². The molecular formula is C20H25N5O2S. The molecule has 3 N–H and O–H groups in total. The second-order valence-electron chi connectivity index (χ2n) is 7.22. The maximum atomic E-state index is 12.6. The highest BCUT2D eigenvalue weighted by Gasteiger charge is 2.20. The molecule has 0 fully saturated rings. The smallest absolute Gasteiger partial charge is 0.254 e. The van der Waals surface area contributed by atoms with Crippen LogP contribution in [0.25, 0.3) is 5.65 Å². The highest BCUT2D eigenvalue weighted by atomic mass is 32.1. The van der Waals surface area contributed by atoms with Gasteiger partial charge in [0.1, 0.15) is 5.56 Å². The van der Waals surface area contributed by atoms with E-state index >= 15 is 0 Å². The molecule has 0 aromatic carbocycles. The number of nitrogens with one attached hydrogen (secondary N) is 1. The Balaban J connectivity index is 1.76. The van der Waals surface area contributed by atoms with Crippen molar-refractivity contribution in [3.05, 3.63) is 51.1 Å². The van der Waals surface area contributed by atoms with Gasteiger partial charge in [0, 0.05) is 22.7 Å². The van der Waals surface area contributed by atoms with Crippen molar-refractivity contribution in [1.29, 1.82) is 0 Å². The summed E-state index contributed by atoms with van der Waals surface area (Å²) in [5.41, 5.74) is 8.73. The fraction of sp³-hybridized carbons (Fsp3) is 0.400. The van der Waals surface area contributed by atoms with Gasteiger partial charge in [-0.15, -0.1) is 11.3 Å². The maximum absolute atomic E-state index is 12.6. The normalized spacial score (nSPS) is 12.5. The topological polar surface area (TPSA) is 102 Å². The van der Waals surface area contributed by atoms with Crippen LogP contribution in [0.5, 0.6) is 0 Å². The number of thiophene rings is 1. The lowest BCUT2D eigenvalue weighted by Crippen LogP contribution is -2.31. The van der Waals surface area contributed by atoms with Gasteiger partial charge < -0.3 is 11.1 Å². The Labute approximate surface area is 168 Å². The molecule has 0 bridgehead atoms. The van der Waals surface area contributed by atoms with E-state index in [1.165, 1.54) is 6.20 Å². The van der Waals surface area contributed by atoms with E-state index in [2.05, 4.69) is 35.3 Å². The van der Waals surface area contributed by atoms with E-state index in [4.69, 9.17) is 5.73 Å². The minimum atomic E-state index is -0.554. The Morgan fingerprint density at radius 2 is 2.07 bits per heavy atom. The molecule has 0 saturated carbocycles. The molecule has 148 valence electrons. The number of fused-ring (bicyclic) bond motifs is 1. The molecule has 0 unspecified atom stereocenters. The van der Waals surface area contributed by atoms with Crippen LogP contribution < -0.4 is 11.1 Å². The minimum absolute atomic E-state index is 0.00397. The highest BCUT2D eigenvalue weighted by molar-refractivity contribution is 7.10. The Bertz CT molecular complexity index is 1010. The lowest BCUT2D eigenvalue weighted by atomic mass is 10.0. The van der Waals surface area contributed by atoms with Crippen LogP contribution in [-0.4, -0.2) is 26.4 Å². The SMILES string of the molecule is Cc1nc2c(C(N)=O)cnn2c(C)c1CCC(=O)N[C@@H](c1cccs1)C(C)C. The van der Waals surface area contributed by atoms with Crippen molar-refractivity contribution in [2.24, 2.45) is 11.7 Å². The van der Waals surface area contributed by atoms with Gasteiger partial charge in [0.05, 0.1) is 12.2 Å². The summed E-state index contributed by atoms with van der Waals surface area (Å²) in [5.74, 6) is -0.244.